The summed E-state index contributed by atoms with van der Waals surface area (Å²) in [6.07, 6.45) is 5.41. The van der Waals surface area contributed by atoms with Gasteiger partial charge in [0.1, 0.15) is 6.07 Å². The zero-order chi connectivity index (χ0) is 10.7. The Morgan fingerprint density at radius 3 is 3.07 bits per heavy atom. The molecule has 0 unspecified atom stereocenters. The van der Waals surface area contributed by atoms with Crippen LogP contribution in [0, 0.1) is 18.3 Å². The smallest absolute Gasteiger partial charge is 0.101 e. The molecule has 0 aliphatic carbocycles. The van der Waals surface area contributed by atoms with Crippen molar-refractivity contribution in [2.45, 2.75) is 19.8 Å². The second-order valence-corrected chi connectivity index (χ2v) is 3.59. The molecule has 0 spiro atoms. The van der Waals surface area contributed by atoms with Crippen LogP contribution in [-0.4, -0.2) is 11.6 Å². The highest BCUT2D eigenvalue weighted by Gasteiger charge is 2.11. The maximum absolute atomic E-state index is 8.81. The Kier molecular flexibility index (Phi) is 2.68. The Morgan fingerprint density at radius 2 is 2.40 bits per heavy atom. The topological polar surface area (TPSA) is 45.9 Å². The van der Waals surface area contributed by atoms with Crippen molar-refractivity contribution in [3.05, 3.63) is 35.3 Å². The lowest BCUT2D eigenvalue weighted by Gasteiger charge is -2.15. The van der Waals surface area contributed by atoms with Gasteiger partial charge in [0, 0.05) is 17.5 Å². The number of nitrogens with zero attached hydrogens (tertiary/aromatic N) is 2. The minimum absolute atomic E-state index is 0.599. The van der Waals surface area contributed by atoms with Gasteiger partial charge in [-0.2, -0.15) is 5.26 Å². The number of ether oxygens (including phenoxy) is 1. The third-order valence-electron chi connectivity index (χ3n) is 2.50. The molecule has 2 heterocycles. The number of rotatable bonds is 1. The van der Waals surface area contributed by atoms with Gasteiger partial charge < -0.3 is 4.74 Å². The van der Waals surface area contributed by atoms with Crippen LogP contribution in [0.3, 0.4) is 0 Å². The minimum atomic E-state index is 0.599. The van der Waals surface area contributed by atoms with E-state index in [1.54, 1.807) is 12.5 Å². The van der Waals surface area contributed by atoms with Crippen molar-refractivity contribution in [3.8, 4) is 6.07 Å². The number of nitriles is 1. The van der Waals surface area contributed by atoms with Gasteiger partial charge in [0.25, 0.3) is 0 Å². The second-order valence-electron chi connectivity index (χ2n) is 3.59. The molecule has 0 radical (unpaired) electrons. The molecule has 76 valence electrons. The fraction of sp³-hybridized carbons (Fsp3) is 0.333. The van der Waals surface area contributed by atoms with E-state index >= 15 is 0 Å². The molecule has 0 amide bonds. The molecule has 0 saturated heterocycles. The molecule has 0 saturated carbocycles. The van der Waals surface area contributed by atoms with Crippen LogP contribution in [0.5, 0.6) is 0 Å². The minimum Gasteiger partial charge on any atom is -0.501 e. The van der Waals surface area contributed by atoms with Crippen LogP contribution in [0.25, 0.3) is 5.57 Å². The van der Waals surface area contributed by atoms with Crippen molar-refractivity contribution in [2.24, 2.45) is 0 Å². The maximum atomic E-state index is 8.81. The highest BCUT2D eigenvalue weighted by Crippen LogP contribution is 2.25. The van der Waals surface area contributed by atoms with Crippen molar-refractivity contribution < 1.29 is 4.74 Å². The van der Waals surface area contributed by atoms with Gasteiger partial charge in [0.2, 0.25) is 0 Å². The molecule has 2 rings (SSSR count). The molecular formula is C12H12N2O. The summed E-state index contributed by atoms with van der Waals surface area (Å²) in [5.74, 6) is 0. The number of aryl methyl sites for hydroxylation is 1. The Morgan fingerprint density at radius 1 is 1.53 bits per heavy atom. The fourth-order valence-corrected chi connectivity index (χ4v) is 1.68. The van der Waals surface area contributed by atoms with Gasteiger partial charge in [-0.3, -0.25) is 4.98 Å². The van der Waals surface area contributed by atoms with Crippen LogP contribution in [-0.2, 0) is 4.74 Å². The zero-order valence-electron chi connectivity index (χ0n) is 8.66. The van der Waals surface area contributed by atoms with E-state index in [1.807, 2.05) is 13.0 Å². The Hall–Kier alpha value is -1.82. The molecule has 0 bridgehead atoms. The molecule has 15 heavy (non-hydrogen) atoms. The molecule has 0 fully saturated rings. The van der Waals surface area contributed by atoms with E-state index in [0.717, 1.165) is 36.3 Å². The summed E-state index contributed by atoms with van der Waals surface area (Å²) in [4.78, 5) is 4.21. The predicted molar refractivity (Wildman–Crippen MR) is 56.9 cm³/mol. The van der Waals surface area contributed by atoms with E-state index in [9.17, 15) is 0 Å². The van der Waals surface area contributed by atoms with Crippen molar-refractivity contribution in [1.29, 1.82) is 5.26 Å². The van der Waals surface area contributed by atoms with Crippen LogP contribution in [0.1, 0.15) is 29.7 Å². The van der Waals surface area contributed by atoms with E-state index < -0.39 is 0 Å². The normalized spacial score (nSPS) is 15.1. The molecule has 1 aromatic rings. The van der Waals surface area contributed by atoms with E-state index in [2.05, 4.69) is 11.1 Å². The van der Waals surface area contributed by atoms with E-state index in [1.165, 1.54) is 0 Å². The molecule has 0 atom stereocenters. The predicted octanol–water partition coefficient (Wildman–Crippen LogP) is 2.41. The van der Waals surface area contributed by atoms with E-state index in [4.69, 9.17) is 10.00 Å². The standard InChI is InChI=1S/C12H12N2O/c1-9-12(5-10(6-13)7-14-9)11-3-2-4-15-8-11/h5,7-8H,2-4H2,1H3. The van der Waals surface area contributed by atoms with Gasteiger partial charge in [-0.1, -0.05) is 0 Å². The van der Waals surface area contributed by atoms with Gasteiger partial charge in [-0.05, 0) is 31.4 Å². The lowest BCUT2D eigenvalue weighted by Crippen LogP contribution is -2.01. The number of allylic oxidation sites excluding steroid dienone is 1. The highest BCUT2D eigenvalue weighted by atomic mass is 16.5. The monoisotopic (exact) mass is 200 g/mol. The number of pyridine rings is 1. The molecular weight excluding hydrogens is 188 g/mol. The van der Waals surface area contributed by atoms with Gasteiger partial charge in [0.05, 0.1) is 18.4 Å². The SMILES string of the molecule is Cc1ncc(C#N)cc1C1=COCCC1. The van der Waals surface area contributed by atoms with E-state index in [0.29, 0.717) is 5.56 Å². The second kappa shape index (κ2) is 4.14. The summed E-state index contributed by atoms with van der Waals surface area (Å²) >= 11 is 0. The van der Waals surface area contributed by atoms with Gasteiger partial charge in [0.15, 0.2) is 0 Å². The fourth-order valence-electron chi connectivity index (χ4n) is 1.68. The zero-order valence-corrected chi connectivity index (χ0v) is 8.66. The Bertz CT molecular complexity index is 443. The molecule has 0 N–H and O–H groups in total. The van der Waals surface area contributed by atoms with Gasteiger partial charge in [-0.25, -0.2) is 0 Å². The third-order valence-corrected chi connectivity index (χ3v) is 2.50. The first-order chi connectivity index (χ1) is 7.31. The molecule has 0 aromatic carbocycles. The quantitative estimate of drug-likeness (QED) is 0.699. The summed E-state index contributed by atoms with van der Waals surface area (Å²) in [6.45, 7) is 2.74. The number of hydrogen-bond donors (Lipinski definition) is 0. The average Bonchev–Trinajstić information content (AvgIpc) is 2.31. The Balaban J connectivity index is 2.42. The molecule has 3 heteroatoms. The van der Waals surface area contributed by atoms with Crippen LogP contribution in [0.2, 0.25) is 0 Å². The number of hydrogen-bond acceptors (Lipinski definition) is 3. The molecule has 1 aliphatic rings. The van der Waals surface area contributed by atoms with Crippen LogP contribution >= 0.6 is 0 Å². The third kappa shape index (κ3) is 1.99. The average molecular weight is 200 g/mol. The molecule has 3 nitrogen and oxygen atoms in total. The van der Waals surface area contributed by atoms with Crippen molar-refractivity contribution >= 4 is 5.57 Å². The number of aromatic nitrogens is 1. The first kappa shape index (κ1) is 9.72. The summed E-state index contributed by atoms with van der Waals surface area (Å²) in [5, 5.41) is 8.81. The molecule has 1 aliphatic heterocycles. The summed E-state index contributed by atoms with van der Waals surface area (Å²) in [7, 11) is 0. The summed E-state index contributed by atoms with van der Waals surface area (Å²) in [5.41, 5.74) is 3.73. The van der Waals surface area contributed by atoms with Crippen LogP contribution in [0.4, 0.5) is 0 Å². The first-order valence-corrected chi connectivity index (χ1v) is 4.99. The summed E-state index contributed by atoms with van der Waals surface area (Å²) < 4.78 is 5.29. The largest absolute Gasteiger partial charge is 0.501 e. The van der Waals surface area contributed by atoms with E-state index in [-0.39, 0.29) is 0 Å². The summed E-state index contributed by atoms with van der Waals surface area (Å²) in [6, 6.07) is 3.98. The molecule has 1 aromatic heterocycles. The van der Waals surface area contributed by atoms with Crippen molar-refractivity contribution in [1.82, 2.24) is 4.98 Å². The van der Waals surface area contributed by atoms with Crippen LogP contribution < -0.4 is 0 Å². The van der Waals surface area contributed by atoms with Gasteiger partial charge >= 0.3 is 0 Å². The van der Waals surface area contributed by atoms with Crippen LogP contribution in [0.15, 0.2) is 18.5 Å². The van der Waals surface area contributed by atoms with Crippen molar-refractivity contribution in [3.63, 3.8) is 0 Å². The van der Waals surface area contributed by atoms with Gasteiger partial charge in [-0.15, -0.1) is 0 Å². The Labute approximate surface area is 89.0 Å². The highest BCUT2D eigenvalue weighted by molar-refractivity contribution is 5.67. The first-order valence-electron chi connectivity index (χ1n) is 4.99. The lowest BCUT2D eigenvalue weighted by molar-refractivity contribution is 0.235. The maximum Gasteiger partial charge on any atom is 0.101 e. The lowest BCUT2D eigenvalue weighted by atomic mass is 9.99. The van der Waals surface area contributed by atoms with Crippen molar-refractivity contribution in [2.75, 3.05) is 6.61 Å².